The Kier molecular flexibility index (Phi) is 13.5. The number of hydrogen-bond donors (Lipinski definition) is 7. The maximum atomic E-state index is 12.7. The zero-order chi connectivity index (χ0) is 31.6. The summed E-state index contributed by atoms with van der Waals surface area (Å²) in [5.74, 6) is 0. The monoisotopic (exact) mass is 776 g/mol. The molecule has 3 saturated heterocycles. The molecule has 15 atom stereocenters. The van der Waals surface area contributed by atoms with Crippen molar-refractivity contribution in [3.8, 4) is 0 Å². The first-order valence-electron chi connectivity index (χ1n) is 11.8. The van der Waals surface area contributed by atoms with Crippen LogP contribution >= 0.6 is 46.5 Å². The third kappa shape index (κ3) is 9.45. The van der Waals surface area contributed by atoms with Gasteiger partial charge in [-0.1, -0.05) is 0 Å². The van der Waals surface area contributed by atoms with Crippen molar-refractivity contribution in [2.75, 3.05) is 19.8 Å². The van der Waals surface area contributed by atoms with Gasteiger partial charge in [-0.3, -0.25) is 4.52 Å². The second-order valence-electron chi connectivity index (χ2n) is 9.08. The zero-order valence-electron chi connectivity index (χ0n) is 21.2. The summed E-state index contributed by atoms with van der Waals surface area (Å²) < 4.78 is 81.3. The van der Waals surface area contributed by atoms with Crippen LogP contribution in [0.2, 0.25) is 0 Å². The normalized spacial score (nSPS) is 43.0. The van der Waals surface area contributed by atoms with Crippen molar-refractivity contribution < 1.29 is 88.5 Å². The molecule has 4 radical (unpaired) electrons. The molecule has 0 aromatic carbocycles. The summed E-state index contributed by atoms with van der Waals surface area (Å²) in [6.07, 6.45) is -14.1. The van der Waals surface area contributed by atoms with Gasteiger partial charge in [-0.25, -0.2) is 4.57 Å². The van der Waals surface area contributed by atoms with Gasteiger partial charge < -0.3 is 19.8 Å². The fourth-order valence-electron chi connectivity index (χ4n) is 4.17. The predicted molar refractivity (Wildman–Crippen MR) is 147 cm³/mol. The van der Waals surface area contributed by atoms with E-state index in [2.05, 4.69) is 9.32 Å². The Bertz CT molecular complexity index is 1080. The summed E-state index contributed by atoms with van der Waals surface area (Å²) in [5, 5.41) is 39.9. The molecule has 3 aliphatic heterocycles. The molecule has 9 unspecified atom stereocenters. The van der Waals surface area contributed by atoms with Crippen molar-refractivity contribution in [2.45, 2.75) is 72.9 Å². The molecule has 26 heteroatoms. The third-order valence-electron chi connectivity index (χ3n) is 6.18. The quantitative estimate of drug-likeness (QED) is 0.0484. The van der Waals surface area contributed by atoms with Gasteiger partial charge in [-0.2, -0.15) is 0 Å². The number of phosphoric ester groups is 3. The molecular formula is C16H27B3IO19P3. The van der Waals surface area contributed by atoms with Gasteiger partial charge in [0, 0.05) is 6.00 Å². The molecule has 0 bridgehead atoms. The van der Waals surface area contributed by atoms with Gasteiger partial charge >= 0.3 is 189 Å². The molecule has 0 saturated carbocycles. The van der Waals surface area contributed by atoms with E-state index in [0.29, 0.717) is 0 Å². The van der Waals surface area contributed by atoms with E-state index < -0.39 is 116 Å². The second-order valence-corrected chi connectivity index (χ2v) is 14.4. The van der Waals surface area contributed by atoms with Crippen molar-refractivity contribution in [3.05, 3.63) is 0 Å². The van der Waals surface area contributed by atoms with Crippen LogP contribution in [0.5, 0.6) is 0 Å². The Morgan fingerprint density at radius 2 is 1.14 bits per heavy atom. The Labute approximate surface area is 256 Å². The maximum absolute atomic E-state index is 12.7. The Morgan fingerprint density at radius 1 is 0.738 bits per heavy atom. The van der Waals surface area contributed by atoms with Crippen LogP contribution in [0, 0.1) is 0 Å². The van der Waals surface area contributed by atoms with Crippen LogP contribution in [0.25, 0.3) is 0 Å². The van der Waals surface area contributed by atoms with Crippen LogP contribution in [-0.4, -0.2) is 157 Å². The van der Waals surface area contributed by atoms with Gasteiger partial charge in [-0.15, -0.1) is 0 Å². The van der Waals surface area contributed by atoms with Crippen molar-refractivity contribution in [3.63, 3.8) is 0 Å². The first kappa shape index (κ1) is 37.3. The van der Waals surface area contributed by atoms with Gasteiger partial charge in [0.15, 0.2) is 0 Å². The van der Waals surface area contributed by atoms with Crippen molar-refractivity contribution in [1.29, 1.82) is 0 Å². The fourth-order valence-corrected chi connectivity index (χ4v) is 6.98. The van der Waals surface area contributed by atoms with Gasteiger partial charge in [0.1, 0.15) is 26.2 Å². The van der Waals surface area contributed by atoms with Crippen molar-refractivity contribution in [1.82, 2.24) is 0 Å². The molecule has 3 heterocycles. The number of phosphoric acid groups is 3. The van der Waals surface area contributed by atoms with Crippen LogP contribution < -0.4 is 0 Å². The van der Waals surface area contributed by atoms with E-state index in [0.717, 1.165) is 29.9 Å². The minimum atomic E-state index is -5.16. The van der Waals surface area contributed by atoms with Crippen LogP contribution in [0.15, 0.2) is 0 Å². The summed E-state index contributed by atoms with van der Waals surface area (Å²) >= 11 is 1.09. The van der Waals surface area contributed by atoms with Gasteiger partial charge in [0.2, 0.25) is 0 Å². The number of rotatable bonds is 15. The molecule has 19 nitrogen and oxygen atoms in total. The zero-order valence-corrected chi connectivity index (χ0v) is 26.1. The smallest absolute Gasteiger partial charge is 0.101 e. The number of halogens is 1. The Hall–Kier alpha value is 0.845. The summed E-state index contributed by atoms with van der Waals surface area (Å²) in [6.45, 7) is 2.08. The largest absolute Gasteiger partial charge is 0.388 e. The van der Waals surface area contributed by atoms with E-state index in [4.69, 9.17) is 52.5 Å². The molecule has 7 N–H and O–H groups in total. The predicted octanol–water partition coefficient (Wildman–Crippen LogP) is -3.43. The fraction of sp³-hybridized carbons (Fsp3) is 0.938. The molecule has 42 heavy (non-hydrogen) atoms. The number of aliphatic hydroxyl groups excluding tert-OH is 4. The SMILES string of the molecule is [B][C@@H]1O[C@H](CO)C(OP(=O)(O)OC[C@H]2O[C@@H]([B])C(O)C2OP(=O)(O)OC[C@H]2O[C@@H](B=C)C(O)C2OP(=O)(O)OI)C1O. The van der Waals surface area contributed by atoms with Crippen molar-refractivity contribution >= 4 is 75.6 Å². The first-order chi connectivity index (χ1) is 19.4. The Morgan fingerprint density at radius 3 is 1.60 bits per heavy atom. The summed E-state index contributed by atoms with van der Waals surface area (Å²) in [7, 11) is -3.76. The van der Waals surface area contributed by atoms with Crippen LogP contribution in [-0.2, 0) is 53.4 Å². The summed E-state index contributed by atoms with van der Waals surface area (Å²) in [6, 6.07) is -3.97. The minimum Gasteiger partial charge on any atom is -0.388 e. The Balaban J connectivity index is 1.62. The number of hydrogen-bond acceptors (Lipinski definition) is 16. The summed E-state index contributed by atoms with van der Waals surface area (Å²) in [4.78, 5) is 30.0. The molecule has 0 aromatic heterocycles. The van der Waals surface area contributed by atoms with Gasteiger partial charge in [0.05, 0.1) is 6.61 Å². The molecule has 236 valence electrons. The van der Waals surface area contributed by atoms with E-state index in [1.165, 1.54) is 0 Å². The minimum absolute atomic E-state index is 0.721. The summed E-state index contributed by atoms with van der Waals surface area (Å²) in [5.41, 5.74) is 0. The average Bonchev–Trinajstić information content (AvgIpc) is 3.47. The maximum Gasteiger partial charge on any atom is 0.101 e. The van der Waals surface area contributed by atoms with Crippen LogP contribution in [0.1, 0.15) is 0 Å². The molecule has 3 fully saturated rings. The van der Waals surface area contributed by atoms with Crippen LogP contribution in [0.4, 0.5) is 0 Å². The number of aliphatic hydroxyl groups is 4. The van der Waals surface area contributed by atoms with Gasteiger partial charge in [0.25, 0.3) is 0 Å². The van der Waals surface area contributed by atoms with E-state index in [1.54, 1.807) is 0 Å². The van der Waals surface area contributed by atoms with Gasteiger partial charge in [-0.05, 0) is 0 Å². The van der Waals surface area contributed by atoms with E-state index in [1.807, 2.05) is 0 Å². The molecule has 0 spiro atoms. The molecule has 3 aliphatic rings. The first-order valence-corrected chi connectivity index (χ1v) is 17.2. The molecule has 0 amide bonds. The third-order valence-corrected chi connectivity index (χ3v) is 10.3. The standard InChI is InChI=1S/C16H27B3IO19P3/c1-19-16-10(24)13(38-42(29,30)39-20)7(35-16)4-32-41(27,28)37-12-6(34-15(18)9(12)23)3-31-40(25,26)36-11-5(2-21)33-14(17)8(11)22/h5-16,21-24H,1-4H2,(H,25,26)(H,27,28)(H,29,30)/t5-,6-,7-,8?,9?,10?,11?,12?,13?,14-,15-,16-/m1/s1. The average molecular weight is 776 g/mol. The molecule has 3 rings (SSSR count). The second kappa shape index (κ2) is 15.2. The molecular weight excluding hydrogens is 748 g/mol. The topological polar surface area (TPSA) is 276 Å². The van der Waals surface area contributed by atoms with E-state index in [-0.39, 0.29) is 0 Å². The van der Waals surface area contributed by atoms with E-state index in [9.17, 15) is 48.8 Å². The molecule has 0 aromatic rings. The van der Waals surface area contributed by atoms with E-state index >= 15 is 0 Å². The van der Waals surface area contributed by atoms with Crippen LogP contribution in [0.3, 0.4) is 0 Å². The van der Waals surface area contributed by atoms with Crippen molar-refractivity contribution in [2.24, 2.45) is 0 Å². The number of ether oxygens (including phenoxy) is 3. The molecule has 0 aliphatic carbocycles.